The van der Waals surface area contributed by atoms with Crippen LogP contribution in [0.25, 0.3) is 0 Å². The van der Waals surface area contributed by atoms with Crippen LogP contribution in [0.1, 0.15) is 67.2 Å². The van der Waals surface area contributed by atoms with E-state index in [-0.39, 0.29) is 24.4 Å². The molecule has 0 heterocycles. The molecular formula is C20H34N2O5. The summed E-state index contributed by atoms with van der Waals surface area (Å²) in [5.41, 5.74) is -1.40. The Balaban J connectivity index is 3.11. The van der Waals surface area contributed by atoms with Gasteiger partial charge in [-0.3, -0.25) is 9.59 Å². The average molecular weight is 383 g/mol. The van der Waals surface area contributed by atoms with E-state index in [1.54, 1.807) is 20.8 Å². The lowest BCUT2D eigenvalue weighted by atomic mass is 9.71. The van der Waals surface area contributed by atoms with Crippen LogP contribution < -0.4 is 10.6 Å². The Kier molecular flexibility index (Phi) is 7.87. The zero-order chi connectivity index (χ0) is 20.8. The summed E-state index contributed by atoms with van der Waals surface area (Å²) in [5.74, 6) is -1.85. The lowest BCUT2D eigenvalue weighted by Gasteiger charge is -2.37. The number of unbranched alkanes of at least 4 members (excludes halogenated alkanes) is 1. The molecule has 1 fully saturated rings. The molecule has 1 aliphatic carbocycles. The Morgan fingerprint density at radius 1 is 1.33 bits per heavy atom. The number of amides is 2. The van der Waals surface area contributed by atoms with E-state index in [1.165, 1.54) is 6.92 Å². The van der Waals surface area contributed by atoms with E-state index in [2.05, 4.69) is 10.6 Å². The van der Waals surface area contributed by atoms with E-state index in [1.807, 2.05) is 26.0 Å². The highest BCUT2D eigenvalue weighted by molar-refractivity contribution is 5.75. The van der Waals surface area contributed by atoms with Crippen LogP contribution in [0, 0.1) is 11.3 Å². The predicted octanol–water partition coefficient (Wildman–Crippen LogP) is 3.24. The molecule has 154 valence electrons. The molecule has 4 atom stereocenters. The number of nitrogens with one attached hydrogen (secondary N) is 2. The lowest BCUT2D eigenvalue weighted by molar-refractivity contribution is -0.145. The molecule has 0 bridgehead atoms. The van der Waals surface area contributed by atoms with E-state index in [4.69, 9.17) is 4.74 Å². The number of ether oxygens (including phenoxy) is 1. The van der Waals surface area contributed by atoms with Gasteiger partial charge in [0.25, 0.3) is 0 Å². The summed E-state index contributed by atoms with van der Waals surface area (Å²) in [6, 6.07) is -0.724. The molecule has 1 saturated carbocycles. The number of hydrogen-bond acceptors (Lipinski definition) is 4. The number of alkyl carbamates (subject to hydrolysis) is 1. The fourth-order valence-electron chi connectivity index (χ4n) is 3.79. The van der Waals surface area contributed by atoms with Gasteiger partial charge in [-0.15, -0.1) is 0 Å². The van der Waals surface area contributed by atoms with E-state index in [0.29, 0.717) is 6.42 Å². The molecule has 4 unspecified atom stereocenters. The van der Waals surface area contributed by atoms with Crippen LogP contribution in [0.4, 0.5) is 4.79 Å². The van der Waals surface area contributed by atoms with E-state index < -0.39 is 29.0 Å². The van der Waals surface area contributed by atoms with Crippen molar-refractivity contribution in [3.05, 3.63) is 12.2 Å². The maximum atomic E-state index is 12.1. The highest BCUT2D eigenvalue weighted by Crippen LogP contribution is 2.48. The quantitative estimate of drug-likeness (QED) is 0.586. The van der Waals surface area contributed by atoms with Gasteiger partial charge in [0.15, 0.2) is 0 Å². The first kappa shape index (κ1) is 23.0. The topological polar surface area (TPSA) is 105 Å². The minimum atomic E-state index is -0.929. The van der Waals surface area contributed by atoms with E-state index in [0.717, 1.165) is 12.8 Å². The fraction of sp³-hybridized carbons (Fsp3) is 0.750. The Bertz CT molecular complexity index is 581. The summed E-state index contributed by atoms with van der Waals surface area (Å²) < 4.78 is 5.30. The number of rotatable bonds is 7. The van der Waals surface area contributed by atoms with Crippen LogP contribution in [0.5, 0.6) is 0 Å². The number of allylic oxidation sites excluding steroid dienone is 1. The summed E-state index contributed by atoms with van der Waals surface area (Å²) in [6.07, 6.45) is 5.82. The number of carboxylic acids is 1. The van der Waals surface area contributed by atoms with Crippen molar-refractivity contribution in [2.45, 2.75) is 84.9 Å². The van der Waals surface area contributed by atoms with E-state index in [9.17, 15) is 19.5 Å². The van der Waals surface area contributed by atoms with Crippen molar-refractivity contribution >= 4 is 18.0 Å². The molecule has 0 aromatic heterocycles. The molecule has 0 aromatic carbocycles. The molecule has 7 heteroatoms. The highest BCUT2D eigenvalue weighted by Gasteiger charge is 2.53. The number of carboxylic acid groups (broad SMARTS) is 1. The minimum absolute atomic E-state index is 0.210. The first-order valence-corrected chi connectivity index (χ1v) is 9.58. The Morgan fingerprint density at radius 2 is 1.96 bits per heavy atom. The zero-order valence-corrected chi connectivity index (χ0v) is 17.3. The summed E-state index contributed by atoms with van der Waals surface area (Å²) in [5, 5.41) is 15.5. The first-order chi connectivity index (χ1) is 12.4. The second-order valence-electron chi connectivity index (χ2n) is 8.40. The third kappa shape index (κ3) is 6.56. The molecule has 0 aromatic rings. The van der Waals surface area contributed by atoms with Gasteiger partial charge in [-0.25, -0.2) is 4.79 Å². The summed E-state index contributed by atoms with van der Waals surface area (Å²) >= 11 is 0. The zero-order valence-electron chi connectivity index (χ0n) is 17.3. The number of carbonyl (C=O) groups is 3. The maximum absolute atomic E-state index is 12.1. The first-order valence-electron chi connectivity index (χ1n) is 9.58. The van der Waals surface area contributed by atoms with Crippen LogP contribution >= 0.6 is 0 Å². The third-order valence-corrected chi connectivity index (χ3v) is 4.90. The average Bonchev–Trinajstić information content (AvgIpc) is 2.84. The van der Waals surface area contributed by atoms with Crippen molar-refractivity contribution in [2.75, 3.05) is 0 Å². The molecule has 1 aliphatic rings. The van der Waals surface area contributed by atoms with Crippen LogP contribution in [-0.4, -0.2) is 40.8 Å². The molecule has 1 rings (SSSR count). The Morgan fingerprint density at radius 3 is 2.44 bits per heavy atom. The van der Waals surface area contributed by atoms with Gasteiger partial charge in [0.05, 0.1) is 5.92 Å². The Hall–Kier alpha value is -2.05. The fourth-order valence-corrected chi connectivity index (χ4v) is 3.79. The largest absolute Gasteiger partial charge is 0.481 e. The smallest absolute Gasteiger partial charge is 0.407 e. The van der Waals surface area contributed by atoms with Gasteiger partial charge in [0, 0.05) is 24.4 Å². The van der Waals surface area contributed by atoms with Crippen molar-refractivity contribution in [3.63, 3.8) is 0 Å². The normalized spacial score (nSPS) is 26.6. The summed E-state index contributed by atoms with van der Waals surface area (Å²) in [7, 11) is 0. The molecule has 0 aliphatic heterocycles. The van der Waals surface area contributed by atoms with Gasteiger partial charge in [-0.1, -0.05) is 25.5 Å². The highest BCUT2D eigenvalue weighted by atomic mass is 16.6. The molecule has 0 saturated heterocycles. The minimum Gasteiger partial charge on any atom is -0.481 e. The summed E-state index contributed by atoms with van der Waals surface area (Å²) in [6.45, 7) is 10.6. The van der Waals surface area contributed by atoms with Crippen molar-refractivity contribution in [2.24, 2.45) is 11.3 Å². The standard InChI is InChI=1S/C20H34N2O5/c1-7-8-9-10-20(13(2)21-14(3)23)12-15(11-16(20)17(24)25)22-18(26)27-19(4,5)6/h9-10,13,15-16H,7-8,11-12H2,1-6H3,(H,21,23)(H,22,26)(H,24,25). The van der Waals surface area contributed by atoms with E-state index >= 15 is 0 Å². The van der Waals surface area contributed by atoms with Gasteiger partial charge in [0.1, 0.15) is 5.60 Å². The van der Waals surface area contributed by atoms with Crippen LogP contribution in [0.3, 0.4) is 0 Å². The van der Waals surface area contributed by atoms with Gasteiger partial charge in [-0.05, 0) is 47.0 Å². The summed E-state index contributed by atoms with van der Waals surface area (Å²) in [4.78, 5) is 35.8. The van der Waals surface area contributed by atoms with Gasteiger partial charge < -0.3 is 20.5 Å². The molecule has 0 radical (unpaired) electrons. The molecule has 3 N–H and O–H groups in total. The van der Waals surface area contributed by atoms with Crippen LogP contribution in [-0.2, 0) is 14.3 Å². The molecule has 27 heavy (non-hydrogen) atoms. The van der Waals surface area contributed by atoms with Gasteiger partial charge in [0.2, 0.25) is 5.91 Å². The number of aliphatic carboxylic acids is 1. The number of carbonyl (C=O) groups excluding carboxylic acids is 2. The second kappa shape index (κ2) is 9.24. The van der Waals surface area contributed by atoms with Crippen LogP contribution in [0.2, 0.25) is 0 Å². The van der Waals surface area contributed by atoms with Gasteiger partial charge in [-0.2, -0.15) is 0 Å². The SMILES string of the molecule is CCCC=CC1(C(C)NC(C)=O)CC(NC(=O)OC(C)(C)C)CC1C(=O)O. The monoisotopic (exact) mass is 382 g/mol. The molecule has 2 amide bonds. The number of hydrogen-bond donors (Lipinski definition) is 3. The van der Waals surface area contributed by atoms with Crippen molar-refractivity contribution < 1.29 is 24.2 Å². The van der Waals surface area contributed by atoms with Crippen LogP contribution in [0.15, 0.2) is 12.2 Å². The lowest BCUT2D eigenvalue weighted by Crippen LogP contribution is -2.48. The third-order valence-electron chi connectivity index (χ3n) is 4.90. The van der Waals surface area contributed by atoms with Crippen molar-refractivity contribution in [1.29, 1.82) is 0 Å². The maximum Gasteiger partial charge on any atom is 0.407 e. The Labute approximate surface area is 161 Å². The molecule has 0 spiro atoms. The van der Waals surface area contributed by atoms with Crippen molar-refractivity contribution in [1.82, 2.24) is 10.6 Å². The van der Waals surface area contributed by atoms with Gasteiger partial charge >= 0.3 is 12.1 Å². The molecule has 7 nitrogen and oxygen atoms in total. The second-order valence-corrected chi connectivity index (χ2v) is 8.40. The molecular weight excluding hydrogens is 348 g/mol. The predicted molar refractivity (Wildman–Crippen MR) is 103 cm³/mol. The van der Waals surface area contributed by atoms with Crippen molar-refractivity contribution in [3.8, 4) is 0 Å².